The maximum Gasteiger partial charge on any atom is 0.223 e. The van der Waals surface area contributed by atoms with Gasteiger partial charge in [-0.1, -0.05) is 20.8 Å². The summed E-state index contributed by atoms with van der Waals surface area (Å²) < 4.78 is 0. The number of amides is 1. The van der Waals surface area contributed by atoms with Crippen LogP contribution in [-0.4, -0.2) is 18.0 Å². The summed E-state index contributed by atoms with van der Waals surface area (Å²) >= 11 is 0. The number of carbonyl (C=O) groups excluding carboxylic acids is 1. The van der Waals surface area contributed by atoms with Gasteiger partial charge in [0, 0.05) is 18.0 Å². The average molecular weight is 266 g/mol. The van der Waals surface area contributed by atoms with Crippen LogP contribution in [0.5, 0.6) is 0 Å². The van der Waals surface area contributed by atoms with Crippen LogP contribution in [0.1, 0.15) is 59.3 Å². The fraction of sp³-hybridized carbons (Fsp3) is 0.938. The summed E-state index contributed by atoms with van der Waals surface area (Å²) in [7, 11) is 0. The van der Waals surface area contributed by atoms with Crippen LogP contribution in [0.3, 0.4) is 0 Å². The zero-order valence-corrected chi connectivity index (χ0v) is 12.7. The van der Waals surface area contributed by atoms with E-state index in [-0.39, 0.29) is 11.8 Å². The first kappa shape index (κ1) is 14.8. The van der Waals surface area contributed by atoms with Crippen LogP contribution in [0.25, 0.3) is 0 Å². The minimum absolute atomic E-state index is 0.189. The molecule has 0 aromatic heterocycles. The number of hydrogen-bond acceptors (Lipinski definition) is 2. The average Bonchev–Trinajstić information content (AvgIpc) is 2.33. The van der Waals surface area contributed by atoms with Crippen molar-refractivity contribution in [1.82, 2.24) is 5.32 Å². The summed E-state index contributed by atoms with van der Waals surface area (Å²) in [4.78, 5) is 12.4. The molecule has 0 aromatic rings. The molecule has 2 saturated carbocycles. The van der Waals surface area contributed by atoms with Gasteiger partial charge in [-0.15, -0.1) is 0 Å². The second kappa shape index (κ2) is 6.25. The SMILES string of the molecule is CC1CCC(NC(=O)C2CCC(N)CC2C)CC1C. The van der Waals surface area contributed by atoms with E-state index in [1.54, 1.807) is 0 Å². The second-order valence-corrected chi connectivity index (χ2v) is 7.13. The predicted octanol–water partition coefficient (Wildman–Crippen LogP) is 2.69. The van der Waals surface area contributed by atoms with Gasteiger partial charge >= 0.3 is 0 Å². The van der Waals surface area contributed by atoms with Crippen LogP contribution in [0.4, 0.5) is 0 Å². The molecule has 0 aromatic carbocycles. The molecule has 3 heteroatoms. The third kappa shape index (κ3) is 3.71. The van der Waals surface area contributed by atoms with Gasteiger partial charge < -0.3 is 11.1 Å². The van der Waals surface area contributed by atoms with E-state index < -0.39 is 0 Å². The highest BCUT2D eigenvalue weighted by molar-refractivity contribution is 5.79. The molecule has 1 amide bonds. The Bertz CT molecular complexity index is 318. The van der Waals surface area contributed by atoms with Gasteiger partial charge in [-0.05, 0) is 56.3 Å². The minimum atomic E-state index is 0.189. The lowest BCUT2D eigenvalue weighted by Gasteiger charge is -2.36. The van der Waals surface area contributed by atoms with Crippen molar-refractivity contribution in [2.24, 2.45) is 29.4 Å². The van der Waals surface area contributed by atoms with Crippen molar-refractivity contribution in [3.63, 3.8) is 0 Å². The molecule has 110 valence electrons. The Morgan fingerprint density at radius 2 is 1.68 bits per heavy atom. The van der Waals surface area contributed by atoms with Gasteiger partial charge in [0.1, 0.15) is 0 Å². The minimum Gasteiger partial charge on any atom is -0.353 e. The fourth-order valence-electron chi connectivity index (χ4n) is 3.81. The van der Waals surface area contributed by atoms with Crippen molar-refractivity contribution in [1.29, 1.82) is 0 Å². The molecule has 3 nitrogen and oxygen atoms in total. The van der Waals surface area contributed by atoms with E-state index in [4.69, 9.17) is 5.73 Å². The Labute approximate surface area is 117 Å². The standard InChI is InChI=1S/C16H30N2O/c1-10-4-6-14(9-11(10)2)18-16(19)15-7-5-13(17)8-12(15)3/h10-15H,4-9,17H2,1-3H3,(H,18,19). The van der Waals surface area contributed by atoms with Gasteiger partial charge in [0.15, 0.2) is 0 Å². The number of nitrogens with two attached hydrogens (primary N) is 1. The lowest BCUT2D eigenvalue weighted by Crippen LogP contribution is -2.46. The number of nitrogens with one attached hydrogen (secondary N) is 1. The molecular weight excluding hydrogens is 236 g/mol. The zero-order valence-electron chi connectivity index (χ0n) is 12.7. The van der Waals surface area contributed by atoms with Crippen molar-refractivity contribution >= 4 is 5.91 Å². The van der Waals surface area contributed by atoms with E-state index >= 15 is 0 Å². The summed E-state index contributed by atoms with van der Waals surface area (Å²) in [6.07, 6.45) is 6.51. The molecule has 3 N–H and O–H groups in total. The van der Waals surface area contributed by atoms with Crippen LogP contribution in [0.15, 0.2) is 0 Å². The Morgan fingerprint density at radius 3 is 2.32 bits per heavy atom. The van der Waals surface area contributed by atoms with E-state index in [1.165, 1.54) is 6.42 Å². The fourth-order valence-corrected chi connectivity index (χ4v) is 3.81. The molecule has 0 spiro atoms. The Balaban J connectivity index is 1.84. The van der Waals surface area contributed by atoms with Gasteiger partial charge in [0.2, 0.25) is 5.91 Å². The Hall–Kier alpha value is -0.570. The molecule has 2 aliphatic rings. The molecule has 6 unspecified atom stereocenters. The first-order valence-corrected chi connectivity index (χ1v) is 8.03. The smallest absolute Gasteiger partial charge is 0.223 e. The normalized spacial score (nSPS) is 43.8. The number of carbonyl (C=O) groups is 1. The van der Waals surface area contributed by atoms with Crippen molar-refractivity contribution < 1.29 is 4.79 Å². The Kier molecular flexibility index (Phi) is 4.88. The van der Waals surface area contributed by atoms with E-state index in [0.717, 1.165) is 43.9 Å². The van der Waals surface area contributed by atoms with E-state index in [2.05, 4.69) is 26.1 Å². The summed E-state index contributed by atoms with van der Waals surface area (Å²) in [6.45, 7) is 6.81. The summed E-state index contributed by atoms with van der Waals surface area (Å²) in [5, 5.41) is 3.31. The molecule has 19 heavy (non-hydrogen) atoms. The van der Waals surface area contributed by atoms with E-state index in [9.17, 15) is 4.79 Å². The van der Waals surface area contributed by atoms with Gasteiger partial charge in [-0.2, -0.15) is 0 Å². The highest BCUT2D eigenvalue weighted by Crippen LogP contribution is 2.32. The third-order valence-electron chi connectivity index (χ3n) is 5.49. The van der Waals surface area contributed by atoms with Crippen LogP contribution in [0.2, 0.25) is 0 Å². The van der Waals surface area contributed by atoms with Crippen LogP contribution in [0, 0.1) is 23.7 Å². The first-order valence-electron chi connectivity index (χ1n) is 8.03. The van der Waals surface area contributed by atoms with Gasteiger partial charge in [0.25, 0.3) is 0 Å². The monoisotopic (exact) mass is 266 g/mol. The lowest BCUT2D eigenvalue weighted by atomic mass is 9.76. The summed E-state index contributed by atoms with van der Waals surface area (Å²) in [5.41, 5.74) is 5.97. The molecule has 0 saturated heterocycles. The molecule has 2 fully saturated rings. The van der Waals surface area contributed by atoms with Crippen molar-refractivity contribution in [2.75, 3.05) is 0 Å². The molecule has 6 atom stereocenters. The predicted molar refractivity (Wildman–Crippen MR) is 78.6 cm³/mol. The number of hydrogen-bond donors (Lipinski definition) is 2. The quantitative estimate of drug-likeness (QED) is 0.807. The molecular formula is C16H30N2O. The molecule has 2 rings (SSSR count). The molecule has 0 heterocycles. The lowest BCUT2D eigenvalue weighted by molar-refractivity contribution is -0.128. The highest BCUT2D eigenvalue weighted by Gasteiger charge is 2.33. The van der Waals surface area contributed by atoms with Crippen molar-refractivity contribution in [3.05, 3.63) is 0 Å². The largest absolute Gasteiger partial charge is 0.353 e. The Morgan fingerprint density at radius 1 is 0.947 bits per heavy atom. The van der Waals surface area contributed by atoms with Crippen LogP contribution < -0.4 is 11.1 Å². The van der Waals surface area contributed by atoms with Crippen LogP contribution >= 0.6 is 0 Å². The molecule has 2 aliphatic carbocycles. The number of rotatable bonds is 2. The molecule has 0 aliphatic heterocycles. The molecule has 0 bridgehead atoms. The highest BCUT2D eigenvalue weighted by atomic mass is 16.1. The van der Waals surface area contributed by atoms with Crippen molar-refractivity contribution in [3.8, 4) is 0 Å². The topological polar surface area (TPSA) is 55.1 Å². The van der Waals surface area contributed by atoms with Crippen molar-refractivity contribution in [2.45, 2.75) is 71.4 Å². The summed E-state index contributed by atoms with van der Waals surface area (Å²) in [5.74, 6) is 2.44. The second-order valence-electron chi connectivity index (χ2n) is 7.13. The van der Waals surface area contributed by atoms with E-state index in [0.29, 0.717) is 18.0 Å². The maximum atomic E-state index is 12.4. The maximum absolute atomic E-state index is 12.4. The summed E-state index contributed by atoms with van der Waals surface area (Å²) in [6, 6.07) is 0.705. The van der Waals surface area contributed by atoms with Crippen LogP contribution in [-0.2, 0) is 4.79 Å². The zero-order chi connectivity index (χ0) is 14.0. The van der Waals surface area contributed by atoms with Gasteiger partial charge in [-0.25, -0.2) is 0 Å². The molecule has 0 radical (unpaired) electrons. The van der Waals surface area contributed by atoms with E-state index in [1.807, 2.05) is 0 Å². The third-order valence-corrected chi connectivity index (χ3v) is 5.49. The first-order chi connectivity index (χ1) is 8.97. The van der Waals surface area contributed by atoms with Gasteiger partial charge in [-0.3, -0.25) is 4.79 Å². The van der Waals surface area contributed by atoms with Gasteiger partial charge in [0.05, 0.1) is 0 Å².